The van der Waals surface area contributed by atoms with Crippen LogP contribution in [0.2, 0.25) is 0 Å². The molecule has 41 heavy (non-hydrogen) atoms. The van der Waals surface area contributed by atoms with Crippen molar-refractivity contribution >= 4 is 17.5 Å². The summed E-state index contributed by atoms with van der Waals surface area (Å²) in [6, 6.07) is 31.0. The Labute approximate surface area is 240 Å². The normalized spacial score (nSPS) is 9.98. The summed E-state index contributed by atoms with van der Waals surface area (Å²) in [6.07, 6.45) is 2.57. The van der Waals surface area contributed by atoms with E-state index < -0.39 is 5.91 Å². The molecule has 4 aromatic rings. The molecule has 7 nitrogen and oxygen atoms in total. The first kappa shape index (κ1) is 30.3. The zero-order valence-corrected chi connectivity index (χ0v) is 23.1. The second kappa shape index (κ2) is 15.4. The molecule has 0 saturated carbocycles. The van der Waals surface area contributed by atoms with E-state index in [0.717, 1.165) is 23.3 Å². The number of nitrogens with two attached hydrogens (primary N) is 1. The smallest absolute Gasteiger partial charge is 0.252 e. The Morgan fingerprint density at radius 2 is 1.10 bits per heavy atom. The topological polar surface area (TPSA) is 119 Å². The Morgan fingerprint density at radius 3 is 1.54 bits per heavy atom. The van der Waals surface area contributed by atoms with Crippen molar-refractivity contribution in [3.05, 3.63) is 119 Å². The van der Waals surface area contributed by atoms with Crippen LogP contribution in [0.5, 0.6) is 23.0 Å². The Balaban J connectivity index is 0.000000226. The molecule has 0 heterocycles. The average Bonchev–Trinajstić information content (AvgIpc) is 2.97. The van der Waals surface area contributed by atoms with Crippen molar-refractivity contribution in [1.29, 1.82) is 5.26 Å². The number of primary amides is 1. The predicted octanol–water partition coefficient (Wildman–Crippen LogP) is 6.97. The van der Waals surface area contributed by atoms with Gasteiger partial charge in [0.2, 0.25) is 0 Å². The number of hydrogen-bond acceptors (Lipinski definition) is 6. The fraction of sp³-hybridized carbons (Fsp3) is 0.176. The van der Waals surface area contributed by atoms with E-state index in [2.05, 4.69) is 6.07 Å². The van der Waals surface area contributed by atoms with Gasteiger partial charge in [-0.25, -0.2) is 0 Å². The Kier molecular flexibility index (Phi) is 11.4. The molecule has 0 aliphatic carbocycles. The zero-order chi connectivity index (χ0) is 29.6. The third kappa shape index (κ3) is 10.5. The largest absolute Gasteiger partial charge is 0.457 e. The van der Waals surface area contributed by atoms with Crippen molar-refractivity contribution in [2.24, 2.45) is 5.73 Å². The molecule has 0 atom stereocenters. The number of carbonyl (C=O) groups excluding carboxylic acids is 3. The lowest BCUT2D eigenvalue weighted by molar-refractivity contribution is -0.117. The first-order chi connectivity index (χ1) is 19.7. The second-order valence-corrected chi connectivity index (χ2v) is 9.39. The highest BCUT2D eigenvalue weighted by Gasteiger charge is 2.09. The summed E-state index contributed by atoms with van der Waals surface area (Å²) in [4.78, 5) is 33.2. The summed E-state index contributed by atoms with van der Waals surface area (Å²) < 4.78 is 11.4. The van der Waals surface area contributed by atoms with Gasteiger partial charge in [0, 0.05) is 12.8 Å². The van der Waals surface area contributed by atoms with Gasteiger partial charge in [-0.05, 0) is 98.5 Å². The molecular formula is C34H32N2O5. The van der Waals surface area contributed by atoms with Crippen LogP contribution in [0.15, 0.2) is 97.1 Å². The van der Waals surface area contributed by atoms with E-state index in [1.807, 2.05) is 48.5 Å². The van der Waals surface area contributed by atoms with Crippen LogP contribution in [0, 0.1) is 11.3 Å². The summed E-state index contributed by atoms with van der Waals surface area (Å²) in [5.41, 5.74) is 8.45. The highest BCUT2D eigenvalue weighted by Crippen LogP contribution is 2.25. The van der Waals surface area contributed by atoms with Crippen molar-refractivity contribution in [3.63, 3.8) is 0 Å². The highest BCUT2D eigenvalue weighted by molar-refractivity contribution is 5.95. The van der Waals surface area contributed by atoms with Gasteiger partial charge in [-0.15, -0.1) is 0 Å². The van der Waals surface area contributed by atoms with Gasteiger partial charge in [-0.3, -0.25) is 4.79 Å². The number of aryl methyl sites for hydroxylation is 2. The van der Waals surface area contributed by atoms with Gasteiger partial charge in [-0.2, -0.15) is 5.26 Å². The number of para-hydroxylation sites is 1. The van der Waals surface area contributed by atoms with Crippen LogP contribution in [0.4, 0.5) is 0 Å². The molecule has 0 aliphatic rings. The number of nitrogens with zero attached hydrogens (tertiary/aromatic N) is 1. The van der Waals surface area contributed by atoms with E-state index in [-0.39, 0.29) is 11.6 Å². The molecule has 0 fully saturated rings. The maximum atomic E-state index is 11.3. The van der Waals surface area contributed by atoms with Crippen LogP contribution in [0.1, 0.15) is 53.7 Å². The Hall–Kier alpha value is -5.22. The maximum absolute atomic E-state index is 11.3. The van der Waals surface area contributed by atoms with Gasteiger partial charge in [0.25, 0.3) is 5.91 Å². The number of carbonyl (C=O) groups is 3. The van der Waals surface area contributed by atoms with Crippen LogP contribution in [0.25, 0.3) is 0 Å². The molecule has 4 rings (SSSR count). The Morgan fingerprint density at radius 1 is 0.659 bits per heavy atom. The SMILES string of the molecule is CC(=O)CCc1ccc(Oc2ccc(C#N)cc2)cc1.CC(=O)CCc1ccc(Oc2ccccc2C(N)=O)cc1. The molecule has 4 aromatic carbocycles. The number of Topliss-reactive ketones (excluding diaryl/α,β-unsaturated/α-hetero) is 2. The number of ketones is 2. The molecule has 2 N–H and O–H groups in total. The fourth-order valence-corrected chi connectivity index (χ4v) is 3.71. The summed E-state index contributed by atoms with van der Waals surface area (Å²) >= 11 is 0. The van der Waals surface area contributed by atoms with Gasteiger partial charge >= 0.3 is 0 Å². The van der Waals surface area contributed by atoms with E-state index in [1.165, 1.54) is 0 Å². The van der Waals surface area contributed by atoms with Crippen molar-refractivity contribution in [2.45, 2.75) is 39.5 Å². The monoisotopic (exact) mass is 548 g/mol. The minimum atomic E-state index is -0.524. The first-order valence-electron chi connectivity index (χ1n) is 13.1. The maximum Gasteiger partial charge on any atom is 0.252 e. The zero-order valence-electron chi connectivity index (χ0n) is 23.1. The summed E-state index contributed by atoms with van der Waals surface area (Å²) in [5, 5.41) is 8.72. The van der Waals surface area contributed by atoms with Crippen molar-refractivity contribution in [1.82, 2.24) is 0 Å². The van der Waals surface area contributed by atoms with Crippen molar-refractivity contribution in [2.75, 3.05) is 0 Å². The quantitative estimate of drug-likeness (QED) is 0.216. The van der Waals surface area contributed by atoms with Crippen LogP contribution >= 0.6 is 0 Å². The summed E-state index contributed by atoms with van der Waals surface area (Å²) in [6.45, 7) is 3.18. The highest BCUT2D eigenvalue weighted by atomic mass is 16.5. The summed E-state index contributed by atoms with van der Waals surface area (Å²) in [5.74, 6) is 2.33. The van der Waals surface area contributed by atoms with E-state index in [0.29, 0.717) is 47.6 Å². The lowest BCUT2D eigenvalue weighted by atomic mass is 10.1. The number of amides is 1. The average molecular weight is 549 g/mol. The predicted molar refractivity (Wildman–Crippen MR) is 157 cm³/mol. The van der Waals surface area contributed by atoms with Gasteiger partial charge < -0.3 is 24.8 Å². The standard InChI is InChI=1S/C17H17NO3.C17H15NO2/c1-12(19)6-7-13-8-10-14(11-9-13)21-16-5-3-2-4-15(16)17(18)20;1-13(19)2-3-14-4-8-16(9-5-14)20-17-10-6-15(12-18)7-11-17/h2-5,8-11H,6-7H2,1H3,(H2,18,20);4-11H,2-3H2,1H3. The van der Waals surface area contributed by atoms with E-state index in [1.54, 1.807) is 62.4 Å². The van der Waals surface area contributed by atoms with Crippen LogP contribution in [0.3, 0.4) is 0 Å². The van der Waals surface area contributed by atoms with Gasteiger partial charge in [-0.1, -0.05) is 36.4 Å². The van der Waals surface area contributed by atoms with Gasteiger partial charge in [0.05, 0.1) is 17.2 Å². The molecule has 0 radical (unpaired) electrons. The molecule has 0 aromatic heterocycles. The van der Waals surface area contributed by atoms with Gasteiger partial charge in [0.15, 0.2) is 0 Å². The minimum Gasteiger partial charge on any atom is -0.457 e. The third-order valence-electron chi connectivity index (χ3n) is 5.98. The molecule has 0 spiro atoms. The van der Waals surface area contributed by atoms with Crippen LogP contribution in [-0.4, -0.2) is 17.5 Å². The van der Waals surface area contributed by atoms with Crippen molar-refractivity contribution < 1.29 is 23.9 Å². The number of rotatable bonds is 11. The number of benzene rings is 4. The van der Waals surface area contributed by atoms with Crippen LogP contribution in [-0.2, 0) is 22.4 Å². The first-order valence-corrected chi connectivity index (χ1v) is 13.1. The summed E-state index contributed by atoms with van der Waals surface area (Å²) in [7, 11) is 0. The number of ether oxygens (including phenoxy) is 2. The van der Waals surface area contributed by atoms with Crippen molar-refractivity contribution in [3.8, 4) is 29.1 Å². The number of nitriles is 1. The Bertz CT molecular complexity index is 1500. The lowest BCUT2D eigenvalue weighted by Gasteiger charge is -2.09. The second-order valence-electron chi connectivity index (χ2n) is 9.39. The lowest BCUT2D eigenvalue weighted by Crippen LogP contribution is -2.11. The molecular weight excluding hydrogens is 516 g/mol. The fourth-order valence-electron chi connectivity index (χ4n) is 3.71. The molecule has 208 valence electrons. The molecule has 0 saturated heterocycles. The van der Waals surface area contributed by atoms with E-state index in [4.69, 9.17) is 20.5 Å². The van der Waals surface area contributed by atoms with Crippen LogP contribution < -0.4 is 15.2 Å². The molecule has 0 unspecified atom stereocenters. The molecule has 1 amide bonds. The van der Waals surface area contributed by atoms with Gasteiger partial charge in [0.1, 0.15) is 34.6 Å². The molecule has 7 heteroatoms. The molecule has 0 bridgehead atoms. The minimum absolute atomic E-state index is 0.172. The van der Waals surface area contributed by atoms with E-state index in [9.17, 15) is 14.4 Å². The molecule has 0 aliphatic heterocycles. The number of hydrogen-bond donors (Lipinski definition) is 1. The third-order valence-corrected chi connectivity index (χ3v) is 5.98. The van der Waals surface area contributed by atoms with E-state index >= 15 is 0 Å².